The lowest BCUT2D eigenvalue weighted by molar-refractivity contribution is 0.941. The van der Waals surface area contributed by atoms with E-state index in [0.717, 1.165) is 30.8 Å². The smallest absolute Gasteiger partial charge is 0.193 e. The molecule has 0 spiro atoms. The average Bonchev–Trinajstić information content (AvgIpc) is 2.35. The summed E-state index contributed by atoms with van der Waals surface area (Å²) in [5.41, 5.74) is 8.12. The number of hydrogen-bond donors (Lipinski definition) is 2. The zero-order chi connectivity index (χ0) is 12.5. The molecule has 0 atom stereocenters. The van der Waals surface area contributed by atoms with Gasteiger partial charge in [-0.2, -0.15) is 11.8 Å². The van der Waals surface area contributed by atoms with Gasteiger partial charge in [-0.25, -0.2) is 0 Å². The van der Waals surface area contributed by atoms with E-state index in [0.29, 0.717) is 5.96 Å². The first-order valence-electron chi connectivity index (χ1n) is 5.91. The summed E-state index contributed by atoms with van der Waals surface area (Å²) >= 11 is 1.83. The Morgan fingerprint density at radius 3 is 3.00 bits per heavy atom. The van der Waals surface area contributed by atoms with Crippen LogP contribution in [0.3, 0.4) is 0 Å². The van der Waals surface area contributed by atoms with E-state index < -0.39 is 0 Å². The van der Waals surface area contributed by atoms with Crippen LogP contribution < -0.4 is 11.1 Å². The molecule has 3 nitrogen and oxygen atoms in total. The minimum atomic E-state index is 0.499. The van der Waals surface area contributed by atoms with E-state index in [1.807, 2.05) is 23.9 Å². The maximum absolute atomic E-state index is 5.81. The van der Waals surface area contributed by atoms with Crippen molar-refractivity contribution in [3.63, 3.8) is 0 Å². The minimum absolute atomic E-state index is 0.499. The number of thioether (sulfide) groups is 1. The highest BCUT2D eigenvalue weighted by Crippen LogP contribution is 2.10. The van der Waals surface area contributed by atoms with Crippen LogP contribution in [0.1, 0.15) is 18.9 Å². The molecule has 0 saturated carbocycles. The minimum Gasteiger partial charge on any atom is -0.370 e. The summed E-state index contributed by atoms with van der Waals surface area (Å²) in [5, 5.41) is 3.11. The van der Waals surface area contributed by atoms with Crippen molar-refractivity contribution >= 4 is 23.4 Å². The van der Waals surface area contributed by atoms with Crippen LogP contribution in [0.25, 0.3) is 0 Å². The van der Waals surface area contributed by atoms with Gasteiger partial charge < -0.3 is 11.1 Å². The average molecular weight is 251 g/mol. The number of aryl methyl sites for hydroxylation is 1. The Balaban J connectivity index is 2.46. The molecule has 1 aromatic rings. The lowest BCUT2D eigenvalue weighted by atomic mass is 10.1. The van der Waals surface area contributed by atoms with Gasteiger partial charge >= 0.3 is 0 Å². The van der Waals surface area contributed by atoms with Gasteiger partial charge in [0.15, 0.2) is 5.96 Å². The summed E-state index contributed by atoms with van der Waals surface area (Å²) < 4.78 is 0. The topological polar surface area (TPSA) is 50.4 Å². The predicted octanol–water partition coefficient (Wildman–Crippen LogP) is 2.73. The Morgan fingerprint density at radius 2 is 2.29 bits per heavy atom. The van der Waals surface area contributed by atoms with Gasteiger partial charge in [0, 0.05) is 12.2 Å². The predicted molar refractivity (Wildman–Crippen MR) is 78.9 cm³/mol. The lowest BCUT2D eigenvalue weighted by Crippen LogP contribution is -2.22. The van der Waals surface area contributed by atoms with Gasteiger partial charge in [-0.3, -0.25) is 4.99 Å². The third-order valence-electron chi connectivity index (χ3n) is 2.40. The second-order valence-electron chi connectivity index (χ2n) is 3.79. The van der Waals surface area contributed by atoms with Crippen molar-refractivity contribution in [2.75, 3.05) is 23.9 Å². The summed E-state index contributed by atoms with van der Waals surface area (Å²) in [4.78, 5) is 4.28. The maximum atomic E-state index is 5.81. The fourth-order valence-electron chi connectivity index (χ4n) is 1.46. The van der Waals surface area contributed by atoms with Crippen molar-refractivity contribution in [3.05, 3.63) is 29.8 Å². The molecule has 0 heterocycles. The van der Waals surface area contributed by atoms with Crippen molar-refractivity contribution in [3.8, 4) is 0 Å². The molecule has 0 aliphatic carbocycles. The summed E-state index contributed by atoms with van der Waals surface area (Å²) in [5.74, 6) is 1.63. The van der Waals surface area contributed by atoms with Crippen molar-refractivity contribution < 1.29 is 0 Å². The molecular formula is C13H21N3S. The normalized spacial score (nSPS) is 11.5. The second kappa shape index (κ2) is 8.01. The number of nitrogens with zero attached hydrogens (tertiary/aromatic N) is 1. The Kier molecular flexibility index (Phi) is 6.55. The van der Waals surface area contributed by atoms with E-state index in [-0.39, 0.29) is 0 Å². The zero-order valence-electron chi connectivity index (χ0n) is 10.6. The number of hydrogen-bond acceptors (Lipinski definition) is 2. The molecular weight excluding hydrogens is 230 g/mol. The first-order valence-corrected chi connectivity index (χ1v) is 7.30. The maximum Gasteiger partial charge on any atom is 0.193 e. The Hall–Kier alpha value is -1.16. The van der Waals surface area contributed by atoms with E-state index >= 15 is 0 Å². The molecule has 1 aromatic carbocycles. The summed E-state index contributed by atoms with van der Waals surface area (Å²) in [6.45, 7) is 2.92. The number of nitrogens with two attached hydrogens (primary N) is 1. The van der Waals surface area contributed by atoms with Gasteiger partial charge in [0.1, 0.15) is 0 Å². The SMILES string of the molecule is CCc1cccc(NC(N)=NCCCSC)c1. The van der Waals surface area contributed by atoms with E-state index in [1.165, 1.54) is 5.56 Å². The van der Waals surface area contributed by atoms with E-state index in [2.05, 4.69) is 35.6 Å². The van der Waals surface area contributed by atoms with E-state index in [1.54, 1.807) is 0 Å². The number of rotatable bonds is 6. The molecule has 0 aliphatic heterocycles. The Bertz CT molecular complexity index is 363. The van der Waals surface area contributed by atoms with Gasteiger partial charge in [-0.05, 0) is 42.5 Å². The molecule has 0 aliphatic rings. The van der Waals surface area contributed by atoms with Crippen molar-refractivity contribution in [1.29, 1.82) is 0 Å². The first-order chi connectivity index (χ1) is 8.26. The van der Waals surface area contributed by atoms with Crippen LogP contribution in [-0.2, 0) is 6.42 Å². The molecule has 0 bridgehead atoms. The Labute approximate surface area is 108 Å². The molecule has 0 saturated heterocycles. The molecule has 1 rings (SSSR count). The highest BCUT2D eigenvalue weighted by Gasteiger charge is 1.96. The molecule has 17 heavy (non-hydrogen) atoms. The van der Waals surface area contributed by atoms with Crippen LogP contribution in [0.4, 0.5) is 5.69 Å². The largest absolute Gasteiger partial charge is 0.370 e. The number of nitrogens with one attached hydrogen (secondary N) is 1. The van der Waals surface area contributed by atoms with Crippen LogP contribution in [0.15, 0.2) is 29.3 Å². The highest BCUT2D eigenvalue weighted by atomic mass is 32.2. The molecule has 0 radical (unpaired) electrons. The lowest BCUT2D eigenvalue weighted by Gasteiger charge is -2.06. The fourth-order valence-corrected chi connectivity index (χ4v) is 1.88. The molecule has 0 amide bonds. The fraction of sp³-hybridized carbons (Fsp3) is 0.462. The van der Waals surface area contributed by atoms with Crippen LogP contribution in [-0.4, -0.2) is 24.5 Å². The standard InChI is InChI=1S/C13H21N3S/c1-3-11-6-4-7-12(10-11)16-13(14)15-8-5-9-17-2/h4,6-7,10H,3,5,8-9H2,1-2H3,(H3,14,15,16). The quantitative estimate of drug-likeness (QED) is 0.464. The third-order valence-corrected chi connectivity index (χ3v) is 3.09. The van der Waals surface area contributed by atoms with Crippen molar-refractivity contribution in [2.24, 2.45) is 10.7 Å². The molecule has 0 aromatic heterocycles. The van der Waals surface area contributed by atoms with Crippen LogP contribution >= 0.6 is 11.8 Å². The summed E-state index contributed by atoms with van der Waals surface area (Å²) in [6.07, 6.45) is 4.19. The number of anilines is 1. The number of benzene rings is 1. The summed E-state index contributed by atoms with van der Waals surface area (Å²) in [6, 6.07) is 8.24. The molecule has 94 valence electrons. The third kappa shape index (κ3) is 5.63. The summed E-state index contributed by atoms with van der Waals surface area (Å²) in [7, 11) is 0. The monoisotopic (exact) mass is 251 g/mol. The van der Waals surface area contributed by atoms with Crippen molar-refractivity contribution in [1.82, 2.24) is 0 Å². The van der Waals surface area contributed by atoms with Gasteiger partial charge in [0.25, 0.3) is 0 Å². The molecule has 0 fully saturated rings. The molecule has 4 heteroatoms. The van der Waals surface area contributed by atoms with Gasteiger partial charge in [-0.1, -0.05) is 19.1 Å². The number of guanidine groups is 1. The van der Waals surface area contributed by atoms with E-state index in [9.17, 15) is 0 Å². The number of aliphatic imine (C=N–C) groups is 1. The molecule has 0 unspecified atom stereocenters. The van der Waals surface area contributed by atoms with Gasteiger partial charge in [0.05, 0.1) is 0 Å². The van der Waals surface area contributed by atoms with Gasteiger partial charge in [-0.15, -0.1) is 0 Å². The Morgan fingerprint density at radius 1 is 1.47 bits per heavy atom. The van der Waals surface area contributed by atoms with Gasteiger partial charge in [0.2, 0.25) is 0 Å². The van der Waals surface area contributed by atoms with Crippen molar-refractivity contribution in [2.45, 2.75) is 19.8 Å². The highest BCUT2D eigenvalue weighted by molar-refractivity contribution is 7.98. The van der Waals surface area contributed by atoms with Crippen LogP contribution in [0, 0.1) is 0 Å². The first kappa shape index (κ1) is 13.9. The molecule has 3 N–H and O–H groups in total. The van der Waals surface area contributed by atoms with Crippen LogP contribution in [0.2, 0.25) is 0 Å². The van der Waals surface area contributed by atoms with Crippen LogP contribution in [0.5, 0.6) is 0 Å². The van der Waals surface area contributed by atoms with E-state index in [4.69, 9.17) is 5.73 Å². The second-order valence-corrected chi connectivity index (χ2v) is 4.78. The zero-order valence-corrected chi connectivity index (χ0v) is 11.4.